The summed E-state index contributed by atoms with van der Waals surface area (Å²) in [6.07, 6.45) is 2.45. The van der Waals surface area contributed by atoms with E-state index < -0.39 is 11.7 Å². The van der Waals surface area contributed by atoms with Crippen molar-refractivity contribution < 1.29 is 28.1 Å². The summed E-state index contributed by atoms with van der Waals surface area (Å²) in [6.45, 7) is 8.47. The van der Waals surface area contributed by atoms with Crippen LogP contribution in [0.3, 0.4) is 0 Å². The molecule has 1 aromatic heterocycles. The Morgan fingerprint density at radius 3 is 2.35 bits per heavy atom. The van der Waals surface area contributed by atoms with Crippen LogP contribution in [0.1, 0.15) is 6.92 Å². The molecule has 1 amide bonds. The average Bonchev–Trinajstić information content (AvgIpc) is 2.88. The minimum Gasteiger partial charge on any atom is -0.489 e. The first-order chi connectivity index (χ1) is 17.9. The molecule has 0 atom stereocenters. The van der Waals surface area contributed by atoms with Crippen LogP contribution in [0.2, 0.25) is 10.0 Å². The Labute approximate surface area is 223 Å². The summed E-state index contributed by atoms with van der Waals surface area (Å²) in [5.74, 6) is -0.396. The predicted molar refractivity (Wildman–Crippen MR) is 142 cm³/mol. The number of nitrogens with zero attached hydrogens (tertiary/aromatic N) is 2. The zero-order valence-corrected chi connectivity index (χ0v) is 21.7. The van der Waals surface area contributed by atoms with Crippen LogP contribution in [0.5, 0.6) is 5.75 Å². The van der Waals surface area contributed by atoms with Crippen molar-refractivity contribution in [3.63, 3.8) is 0 Å². The molecule has 3 rings (SSSR count). The Hall–Kier alpha value is -3.02. The summed E-state index contributed by atoms with van der Waals surface area (Å²) in [4.78, 5) is 20.5. The third-order valence-electron chi connectivity index (χ3n) is 4.88. The average molecular weight is 553 g/mol. The highest BCUT2D eigenvalue weighted by Crippen LogP contribution is 2.35. The lowest BCUT2D eigenvalue weighted by Crippen LogP contribution is -2.14. The van der Waals surface area contributed by atoms with Crippen LogP contribution in [0.15, 0.2) is 43.2 Å². The zero-order valence-electron chi connectivity index (χ0n) is 20.2. The second kappa shape index (κ2) is 14.7. The number of carbonyl (C=O) groups excluding carboxylic acids is 1. The normalized spacial score (nSPS) is 10.9. The van der Waals surface area contributed by atoms with Crippen LogP contribution in [0.4, 0.5) is 21.6 Å². The first kappa shape index (κ1) is 28.5. The summed E-state index contributed by atoms with van der Waals surface area (Å²) >= 11 is 11.9. The second-order valence-corrected chi connectivity index (χ2v) is 8.24. The highest BCUT2D eigenvalue weighted by molar-refractivity contribution is 6.42. The predicted octanol–water partition coefficient (Wildman–Crippen LogP) is 5.39. The smallest absolute Gasteiger partial charge is 0.247 e. The van der Waals surface area contributed by atoms with Crippen molar-refractivity contribution in [2.75, 3.05) is 56.9 Å². The van der Waals surface area contributed by atoms with E-state index in [9.17, 15) is 9.18 Å². The van der Waals surface area contributed by atoms with Gasteiger partial charge in [0.25, 0.3) is 0 Å². The number of nitrogens with one attached hydrogen (secondary N) is 2. The third-order valence-corrected chi connectivity index (χ3v) is 5.60. The second-order valence-electron chi connectivity index (χ2n) is 7.42. The number of hydrogen-bond acceptors (Lipinski definition) is 8. The molecule has 0 fully saturated rings. The molecule has 0 aliphatic rings. The summed E-state index contributed by atoms with van der Waals surface area (Å²) in [5.41, 5.74) is 0.919. The van der Waals surface area contributed by atoms with Crippen molar-refractivity contribution in [3.05, 3.63) is 59.1 Å². The highest BCUT2D eigenvalue weighted by atomic mass is 35.5. The van der Waals surface area contributed by atoms with Crippen LogP contribution >= 0.6 is 23.2 Å². The molecule has 1 heterocycles. The summed E-state index contributed by atoms with van der Waals surface area (Å²) in [5, 5.41) is 6.38. The van der Waals surface area contributed by atoms with E-state index in [1.807, 2.05) is 6.92 Å². The minimum atomic E-state index is -0.610. The van der Waals surface area contributed by atoms with E-state index in [2.05, 4.69) is 27.2 Å². The molecule has 0 aliphatic carbocycles. The van der Waals surface area contributed by atoms with Gasteiger partial charge in [0.1, 0.15) is 30.3 Å². The van der Waals surface area contributed by atoms with E-state index in [0.29, 0.717) is 62.0 Å². The number of halogens is 3. The fourth-order valence-electron chi connectivity index (χ4n) is 3.13. The number of ether oxygens (including phenoxy) is 4. The lowest BCUT2D eigenvalue weighted by Gasteiger charge is -2.15. The Bertz CT molecular complexity index is 1230. The van der Waals surface area contributed by atoms with Gasteiger partial charge in [-0.15, -0.1) is 0 Å². The molecule has 9 nitrogen and oxygen atoms in total. The third kappa shape index (κ3) is 8.51. The number of amides is 1. The van der Waals surface area contributed by atoms with Gasteiger partial charge in [0.15, 0.2) is 0 Å². The van der Waals surface area contributed by atoms with Gasteiger partial charge < -0.3 is 29.6 Å². The van der Waals surface area contributed by atoms with Gasteiger partial charge in [-0.3, -0.25) is 4.79 Å². The number of benzene rings is 2. The molecule has 37 heavy (non-hydrogen) atoms. The molecule has 3 aromatic rings. The maximum Gasteiger partial charge on any atom is 0.247 e. The fraction of sp³-hybridized carbons (Fsp3) is 0.320. The van der Waals surface area contributed by atoms with E-state index in [0.717, 1.165) is 12.1 Å². The molecule has 2 aromatic carbocycles. The van der Waals surface area contributed by atoms with Crippen LogP contribution in [-0.4, -0.2) is 62.1 Å². The van der Waals surface area contributed by atoms with Crippen LogP contribution in [0, 0.1) is 5.82 Å². The standard InChI is InChI=1S/C25H27Cl2FN4O5/c1-3-24(33)31-22-11-16-20(14-23(22)37-10-9-36-8-7-35-6-5-34-4-2)29-15-30-25(16)32-21-13-18(27)17(26)12-19(21)28/h3,11-15H,1,4-10H2,2H3,(H,31,33)(H,29,30,32). The van der Waals surface area contributed by atoms with Gasteiger partial charge in [0.2, 0.25) is 5.91 Å². The fourth-order valence-corrected chi connectivity index (χ4v) is 3.44. The summed E-state index contributed by atoms with van der Waals surface area (Å²) in [7, 11) is 0. The lowest BCUT2D eigenvalue weighted by molar-refractivity contribution is -0.111. The molecule has 0 saturated heterocycles. The largest absolute Gasteiger partial charge is 0.489 e. The van der Waals surface area contributed by atoms with Gasteiger partial charge in [-0.05, 0) is 31.2 Å². The molecule has 2 N–H and O–H groups in total. The van der Waals surface area contributed by atoms with Gasteiger partial charge >= 0.3 is 0 Å². The Balaban J connectivity index is 1.72. The van der Waals surface area contributed by atoms with Crippen molar-refractivity contribution in [3.8, 4) is 5.75 Å². The SMILES string of the molecule is C=CC(=O)Nc1cc2c(Nc3cc(Cl)c(Cl)cc3F)ncnc2cc1OCCOCCOCCOCC. The summed E-state index contributed by atoms with van der Waals surface area (Å²) < 4.78 is 36.4. The maximum atomic E-state index is 14.4. The minimum absolute atomic E-state index is 0.0745. The molecule has 0 aliphatic heterocycles. The summed E-state index contributed by atoms with van der Waals surface area (Å²) in [6, 6.07) is 5.72. The molecule has 0 unspecified atom stereocenters. The molecule has 0 bridgehead atoms. The van der Waals surface area contributed by atoms with Crippen molar-refractivity contribution in [1.29, 1.82) is 0 Å². The van der Waals surface area contributed by atoms with E-state index in [-0.39, 0.29) is 28.2 Å². The molecular weight excluding hydrogens is 526 g/mol. The van der Waals surface area contributed by atoms with Gasteiger partial charge in [-0.25, -0.2) is 14.4 Å². The molecule has 0 radical (unpaired) electrons. The van der Waals surface area contributed by atoms with Crippen molar-refractivity contribution in [2.24, 2.45) is 0 Å². The molecular formula is C25H27Cl2FN4O5. The van der Waals surface area contributed by atoms with Crippen LogP contribution < -0.4 is 15.4 Å². The molecule has 0 saturated carbocycles. The van der Waals surface area contributed by atoms with Crippen molar-refractivity contribution >= 4 is 57.2 Å². The number of aromatic nitrogens is 2. The number of hydrogen-bond donors (Lipinski definition) is 2. The van der Waals surface area contributed by atoms with E-state index in [4.69, 9.17) is 42.1 Å². The number of anilines is 3. The number of rotatable bonds is 15. The van der Waals surface area contributed by atoms with E-state index >= 15 is 0 Å². The lowest BCUT2D eigenvalue weighted by atomic mass is 10.1. The zero-order chi connectivity index (χ0) is 26.6. The van der Waals surface area contributed by atoms with Crippen molar-refractivity contribution in [2.45, 2.75) is 6.92 Å². The first-order valence-electron chi connectivity index (χ1n) is 11.4. The van der Waals surface area contributed by atoms with Gasteiger partial charge in [0, 0.05) is 18.1 Å². The first-order valence-corrected chi connectivity index (χ1v) is 12.2. The van der Waals surface area contributed by atoms with Gasteiger partial charge in [-0.1, -0.05) is 29.8 Å². The van der Waals surface area contributed by atoms with E-state index in [1.165, 1.54) is 12.4 Å². The van der Waals surface area contributed by atoms with Gasteiger partial charge in [0.05, 0.1) is 60.0 Å². The Kier molecular flexibility index (Phi) is 11.3. The van der Waals surface area contributed by atoms with E-state index in [1.54, 1.807) is 12.1 Å². The Morgan fingerprint density at radius 1 is 0.973 bits per heavy atom. The van der Waals surface area contributed by atoms with Crippen LogP contribution in [-0.2, 0) is 19.0 Å². The topological polar surface area (TPSA) is 104 Å². The van der Waals surface area contributed by atoms with Crippen LogP contribution in [0.25, 0.3) is 10.9 Å². The number of fused-ring (bicyclic) bond motifs is 1. The Morgan fingerprint density at radius 2 is 1.65 bits per heavy atom. The quantitative estimate of drug-likeness (QED) is 0.147. The molecule has 198 valence electrons. The molecule has 12 heteroatoms. The van der Waals surface area contributed by atoms with Crippen molar-refractivity contribution in [1.82, 2.24) is 9.97 Å². The maximum absolute atomic E-state index is 14.4. The highest BCUT2D eigenvalue weighted by Gasteiger charge is 2.15. The van der Waals surface area contributed by atoms with Gasteiger partial charge in [-0.2, -0.15) is 0 Å². The monoisotopic (exact) mass is 552 g/mol. The number of carbonyl (C=O) groups is 1. The molecule has 0 spiro atoms.